The van der Waals surface area contributed by atoms with Gasteiger partial charge in [-0.05, 0) is 32.4 Å². The second-order valence-corrected chi connectivity index (χ2v) is 5.16. The molecule has 0 heterocycles. The molecule has 0 bridgehead atoms. The summed E-state index contributed by atoms with van der Waals surface area (Å²) in [5.74, 6) is 0.924. The third-order valence-electron chi connectivity index (χ3n) is 1.68. The summed E-state index contributed by atoms with van der Waals surface area (Å²) in [4.78, 5) is 11.3. The molecule has 0 aliphatic rings. The molecule has 0 spiro atoms. The average molecular weight is 221 g/mol. The van der Waals surface area contributed by atoms with Crippen molar-refractivity contribution in [2.75, 3.05) is 12.3 Å². The maximum Gasteiger partial charge on any atom is 0.235 e. The van der Waals surface area contributed by atoms with Crippen LogP contribution >= 0.6 is 25.3 Å². The molecule has 0 saturated carbocycles. The van der Waals surface area contributed by atoms with Crippen LogP contribution in [-0.4, -0.2) is 23.0 Å². The summed E-state index contributed by atoms with van der Waals surface area (Å²) in [7, 11) is 0. The molecule has 0 radical (unpaired) electrons. The minimum absolute atomic E-state index is 0.00158. The van der Waals surface area contributed by atoms with Crippen molar-refractivity contribution in [3.05, 3.63) is 0 Å². The molecular formula is C9H19NOS2. The number of nitrogens with one attached hydrogen (secondary N) is 1. The number of carbonyl (C=O) groups is 1. The standard InChI is InChI=1S/C9H19NOS2/c1-9(2,13)8(11)10-6-4-3-5-7-12/h12-13H,3-7H2,1-2H3,(H,10,11). The Morgan fingerprint density at radius 3 is 2.38 bits per heavy atom. The Labute approximate surface area is 91.7 Å². The Bertz CT molecular complexity index is 154. The van der Waals surface area contributed by atoms with Crippen LogP contribution in [0.5, 0.6) is 0 Å². The maximum absolute atomic E-state index is 11.3. The fourth-order valence-corrected chi connectivity index (χ4v) is 1.13. The van der Waals surface area contributed by atoms with E-state index in [1.807, 2.05) is 0 Å². The number of thiol groups is 2. The van der Waals surface area contributed by atoms with E-state index in [9.17, 15) is 4.79 Å². The van der Waals surface area contributed by atoms with Crippen molar-refractivity contribution in [2.45, 2.75) is 37.9 Å². The van der Waals surface area contributed by atoms with E-state index < -0.39 is 4.75 Å². The van der Waals surface area contributed by atoms with Crippen LogP contribution in [0.1, 0.15) is 33.1 Å². The van der Waals surface area contributed by atoms with Crippen molar-refractivity contribution in [2.24, 2.45) is 0 Å². The van der Waals surface area contributed by atoms with E-state index in [-0.39, 0.29) is 5.91 Å². The van der Waals surface area contributed by atoms with E-state index >= 15 is 0 Å². The molecule has 1 amide bonds. The predicted octanol–water partition coefficient (Wildman–Crippen LogP) is 1.91. The summed E-state index contributed by atoms with van der Waals surface area (Å²) >= 11 is 8.28. The first-order valence-electron chi connectivity index (χ1n) is 4.60. The summed E-state index contributed by atoms with van der Waals surface area (Å²) in [6.07, 6.45) is 3.26. The van der Waals surface area contributed by atoms with Gasteiger partial charge in [0.15, 0.2) is 0 Å². The van der Waals surface area contributed by atoms with E-state index in [2.05, 4.69) is 30.6 Å². The van der Waals surface area contributed by atoms with Crippen molar-refractivity contribution >= 4 is 31.2 Å². The van der Waals surface area contributed by atoms with Crippen molar-refractivity contribution in [1.29, 1.82) is 0 Å². The minimum atomic E-state index is -0.566. The van der Waals surface area contributed by atoms with Crippen LogP contribution in [0.25, 0.3) is 0 Å². The Kier molecular flexibility index (Phi) is 6.68. The van der Waals surface area contributed by atoms with Crippen LogP contribution in [0.15, 0.2) is 0 Å². The lowest BCUT2D eigenvalue weighted by atomic mass is 10.2. The molecule has 0 rings (SSSR count). The lowest BCUT2D eigenvalue weighted by Gasteiger charge is -2.16. The monoisotopic (exact) mass is 221 g/mol. The van der Waals surface area contributed by atoms with Gasteiger partial charge in [-0.2, -0.15) is 25.3 Å². The molecule has 4 heteroatoms. The molecule has 78 valence electrons. The van der Waals surface area contributed by atoms with E-state index in [4.69, 9.17) is 0 Å². The van der Waals surface area contributed by atoms with Crippen LogP contribution in [0, 0.1) is 0 Å². The zero-order chi connectivity index (χ0) is 10.3. The third-order valence-corrected chi connectivity index (χ3v) is 2.20. The average Bonchev–Trinajstić information content (AvgIpc) is 2.02. The number of amides is 1. The molecule has 0 aliphatic heterocycles. The molecule has 0 unspecified atom stereocenters. The largest absolute Gasteiger partial charge is 0.355 e. The van der Waals surface area contributed by atoms with Gasteiger partial charge in [0.05, 0.1) is 4.75 Å². The first-order valence-corrected chi connectivity index (χ1v) is 5.68. The second-order valence-electron chi connectivity index (χ2n) is 3.60. The molecule has 0 aromatic rings. The molecule has 0 saturated heterocycles. The van der Waals surface area contributed by atoms with E-state index in [1.54, 1.807) is 13.8 Å². The first kappa shape index (κ1) is 13.2. The highest BCUT2D eigenvalue weighted by Crippen LogP contribution is 2.11. The van der Waals surface area contributed by atoms with Gasteiger partial charge in [0.1, 0.15) is 0 Å². The van der Waals surface area contributed by atoms with Crippen molar-refractivity contribution in [3.8, 4) is 0 Å². The van der Waals surface area contributed by atoms with Gasteiger partial charge in [-0.25, -0.2) is 0 Å². The minimum Gasteiger partial charge on any atom is -0.355 e. The molecule has 0 aromatic carbocycles. The Morgan fingerprint density at radius 2 is 1.92 bits per heavy atom. The molecular weight excluding hydrogens is 202 g/mol. The van der Waals surface area contributed by atoms with Gasteiger partial charge in [-0.3, -0.25) is 4.79 Å². The van der Waals surface area contributed by atoms with Crippen LogP contribution in [0.4, 0.5) is 0 Å². The van der Waals surface area contributed by atoms with E-state index in [0.717, 1.165) is 31.6 Å². The zero-order valence-corrected chi connectivity index (χ0v) is 10.1. The fourth-order valence-electron chi connectivity index (χ4n) is 0.832. The fraction of sp³-hybridized carbons (Fsp3) is 0.889. The molecule has 0 atom stereocenters. The van der Waals surface area contributed by atoms with Gasteiger partial charge in [-0.1, -0.05) is 6.42 Å². The highest BCUT2D eigenvalue weighted by atomic mass is 32.1. The summed E-state index contributed by atoms with van der Waals surface area (Å²) in [6.45, 7) is 4.33. The van der Waals surface area contributed by atoms with Crippen molar-refractivity contribution in [3.63, 3.8) is 0 Å². The quantitative estimate of drug-likeness (QED) is 0.464. The molecule has 2 nitrogen and oxygen atoms in total. The molecule has 0 aromatic heterocycles. The van der Waals surface area contributed by atoms with Crippen LogP contribution in [-0.2, 0) is 4.79 Å². The smallest absolute Gasteiger partial charge is 0.235 e. The number of hydrogen-bond donors (Lipinski definition) is 3. The Morgan fingerprint density at radius 1 is 1.31 bits per heavy atom. The summed E-state index contributed by atoms with van der Waals surface area (Å²) in [6, 6.07) is 0. The van der Waals surface area contributed by atoms with Gasteiger partial charge in [-0.15, -0.1) is 0 Å². The molecule has 13 heavy (non-hydrogen) atoms. The predicted molar refractivity (Wildman–Crippen MR) is 63.8 cm³/mol. The summed E-state index contributed by atoms with van der Waals surface area (Å²) in [5, 5.41) is 2.84. The highest BCUT2D eigenvalue weighted by Gasteiger charge is 2.21. The van der Waals surface area contributed by atoms with Gasteiger partial charge in [0, 0.05) is 6.54 Å². The normalized spacial score (nSPS) is 11.4. The number of unbranched alkanes of at least 4 members (excludes halogenated alkanes) is 2. The van der Waals surface area contributed by atoms with Gasteiger partial charge in [0.2, 0.25) is 5.91 Å². The molecule has 1 N–H and O–H groups in total. The van der Waals surface area contributed by atoms with Gasteiger partial charge in [0.25, 0.3) is 0 Å². The maximum atomic E-state index is 11.3. The first-order chi connectivity index (χ1) is 5.98. The zero-order valence-electron chi connectivity index (χ0n) is 8.34. The third kappa shape index (κ3) is 7.26. The summed E-state index contributed by atoms with van der Waals surface area (Å²) in [5.41, 5.74) is 0. The van der Waals surface area contributed by atoms with Crippen molar-refractivity contribution < 1.29 is 4.79 Å². The number of rotatable bonds is 6. The Balaban J connectivity index is 3.38. The van der Waals surface area contributed by atoms with Gasteiger partial charge < -0.3 is 5.32 Å². The molecule has 0 aliphatic carbocycles. The number of hydrogen-bond acceptors (Lipinski definition) is 3. The Hall–Kier alpha value is 0.170. The molecule has 0 fully saturated rings. The topological polar surface area (TPSA) is 29.1 Å². The van der Waals surface area contributed by atoms with Crippen LogP contribution in [0.2, 0.25) is 0 Å². The van der Waals surface area contributed by atoms with Gasteiger partial charge >= 0.3 is 0 Å². The SMILES string of the molecule is CC(C)(S)C(=O)NCCCCCS. The van der Waals surface area contributed by atoms with Crippen LogP contribution < -0.4 is 5.32 Å². The van der Waals surface area contributed by atoms with E-state index in [1.165, 1.54) is 0 Å². The summed E-state index contributed by atoms with van der Waals surface area (Å²) < 4.78 is -0.566. The van der Waals surface area contributed by atoms with E-state index in [0.29, 0.717) is 0 Å². The lowest BCUT2D eigenvalue weighted by molar-refractivity contribution is -0.122. The lowest BCUT2D eigenvalue weighted by Crippen LogP contribution is -2.38. The van der Waals surface area contributed by atoms with Crippen molar-refractivity contribution in [1.82, 2.24) is 5.32 Å². The highest BCUT2D eigenvalue weighted by molar-refractivity contribution is 7.82. The van der Waals surface area contributed by atoms with Crippen LogP contribution in [0.3, 0.4) is 0 Å². The second kappa shape index (κ2) is 6.60. The number of carbonyl (C=O) groups excluding carboxylic acids is 1.